The van der Waals surface area contributed by atoms with Crippen molar-refractivity contribution in [2.45, 2.75) is 13.0 Å². The Morgan fingerprint density at radius 2 is 2.10 bits per heavy atom. The zero-order chi connectivity index (χ0) is 14.9. The van der Waals surface area contributed by atoms with Crippen molar-refractivity contribution in [3.05, 3.63) is 65.5 Å². The first-order valence-corrected chi connectivity index (χ1v) is 6.72. The van der Waals surface area contributed by atoms with E-state index >= 15 is 0 Å². The molecular weight excluding hydrogens is 262 g/mol. The van der Waals surface area contributed by atoms with Crippen molar-refractivity contribution in [2.75, 3.05) is 6.54 Å². The Bertz CT molecular complexity index is 656. The second-order valence-corrected chi connectivity index (χ2v) is 4.48. The number of hydrogen-bond acceptors (Lipinski definition) is 3. The Labute approximate surface area is 124 Å². The summed E-state index contributed by atoms with van der Waals surface area (Å²) in [5, 5.41) is 2.90. The lowest BCUT2D eigenvalue weighted by Gasteiger charge is -2.07. The number of amides is 1. The zero-order valence-electron chi connectivity index (χ0n) is 11.7. The van der Waals surface area contributed by atoms with Gasteiger partial charge >= 0.3 is 0 Å². The monoisotopic (exact) mass is 279 g/mol. The van der Waals surface area contributed by atoms with Crippen LogP contribution in [0.25, 0.3) is 0 Å². The van der Waals surface area contributed by atoms with Crippen molar-refractivity contribution >= 4 is 5.91 Å². The van der Waals surface area contributed by atoms with Gasteiger partial charge in [-0.05, 0) is 23.3 Å². The number of rotatable bonds is 4. The first-order valence-electron chi connectivity index (χ1n) is 6.72. The van der Waals surface area contributed by atoms with Crippen LogP contribution in [0.4, 0.5) is 0 Å². The third-order valence-electron chi connectivity index (χ3n) is 2.91. The molecule has 0 bridgehead atoms. The SMILES string of the molecule is NCC#Cc1ccccc1CNC(=O)Cc1cccnc1. The average Bonchev–Trinajstić information content (AvgIpc) is 2.52. The molecule has 4 heteroatoms. The molecule has 0 spiro atoms. The predicted octanol–water partition coefficient (Wildman–Crippen LogP) is 1.25. The van der Waals surface area contributed by atoms with E-state index in [2.05, 4.69) is 22.1 Å². The molecule has 0 aliphatic rings. The molecule has 0 unspecified atom stereocenters. The Kier molecular flexibility index (Phi) is 5.50. The van der Waals surface area contributed by atoms with Crippen LogP contribution in [0.1, 0.15) is 16.7 Å². The molecule has 2 aromatic rings. The molecule has 0 aliphatic heterocycles. The fourth-order valence-electron chi connectivity index (χ4n) is 1.89. The van der Waals surface area contributed by atoms with E-state index in [-0.39, 0.29) is 5.91 Å². The molecule has 4 nitrogen and oxygen atoms in total. The van der Waals surface area contributed by atoms with Crippen molar-refractivity contribution in [1.82, 2.24) is 10.3 Å². The van der Waals surface area contributed by atoms with E-state index < -0.39 is 0 Å². The topological polar surface area (TPSA) is 68.0 Å². The third kappa shape index (κ3) is 4.75. The molecule has 0 saturated carbocycles. The fourth-order valence-corrected chi connectivity index (χ4v) is 1.89. The zero-order valence-corrected chi connectivity index (χ0v) is 11.7. The van der Waals surface area contributed by atoms with Gasteiger partial charge in [0.05, 0.1) is 13.0 Å². The molecule has 1 amide bonds. The normalized spacial score (nSPS) is 9.57. The maximum Gasteiger partial charge on any atom is 0.224 e. The number of pyridine rings is 1. The lowest BCUT2D eigenvalue weighted by molar-refractivity contribution is -0.120. The third-order valence-corrected chi connectivity index (χ3v) is 2.91. The summed E-state index contributed by atoms with van der Waals surface area (Å²) >= 11 is 0. The summed E-state index contributed by atoms with van der Waals surface area (Å²) in [6, 6.07) is 11.4. The highest BCUT2D eigenvalue weighted by Crippen LogP contribution is 2.07. The number of nitrogens with zero attached hydrogens (tertiary/aromatic N) is 1. The first kappa shape index (κ1) is 14.8. The van der Waals surface area contributed by atoms with E-state index in [1.54, 1.807) is 12.4 Å². The molecule has 0 aliphatic carbocycles. The van der Waals surface area contributed by atoms with Crippen LogP contribution in [-0.2, 0) is 17.8 Å². The van der Waals surface area contributed by atoms with Crippen molar-refractivity contribution in [2.24, 2.45) is 5.73 Å². The number of carbonyl (C=O) groups excluding carboxylic acids is 1. The Balaban J connectivity index is 1.95. The van der Waals surface area contributed by atoms with Gasteiger partial charge in [-0.3, -0.25) is 9.78 Å². The molecule has 0 radical (unpaired) electrons. The van der Waals surface area contributed by atoms with Crippen LogP contribution in [0.5, 0.6) is 0 Å². The van der Waals surface area contributed by atoms with Gasteiger partial charge in [0, 0.05) is 24.5 Å². The average molecular weight is 279 g/mol. The van der Waals surface area contributed by atoms with Crippen LogP contribution in [0.2, 0.25) is 0 Å². The van der Waals surface area contributed by atoms with Gasteiger partial charge in [-0.15, -0.1) is 0 Å². The molecule has 0 atom stereocenters. The minimum atomic E-state index is -0.0374. The highest BCUT2D eigenvalue weighted by atomic mass is 16.1. The maximum atomic E-state index is 11.9. The van der Waals surface area contributed by atoms with Crippen LogP contribution in [0, 0.1) is 11.8 Å². The summed E-state index contributed by atoms with van der Waals surface area (Å²) in [4.78, 5) is 15.9. The summed E-state index contributed by atoms with van der Waals surface area (Å²) < 4.78 is 0. The number of aromatic nitrogens is 1. The number of hydrogen-bond donors (Lipinski definition) is 2. The maximum absolute atomic E-state index is 11.9. The molecule has 21 heavy (non-hydrogen) atoms. The van der Waals surface area contributed by atoms with Crippen LogP contribution < -0.4 is 11.1 Å². The summed E-state index contributed by atoms with van der Waals surface area (Å²) in [6.07, 6.45) is 3.71. The van der Waals surface area contributed by atoms with E-state index in [0.29, 0.717) is 19.5 Å². The van der Waals surface area contributed by atoms with Gasteiger partial charge < -0.3 is 11.1 Å². The molecule has 0 fully saturated rings. The molecule has 3 N–H and O–H groups in total. The number of nitrogens with two attached hydrogens (primary N) is 1. The van der Waals surface area contributed by atoms with E-state index in [4.69, 9.17) is 5.73 Å². The van der Waals surface area contributed by atoms with Crippen LogP contribution in [0.15, 0.2) is 48.8 Å². The van der Waals surface area contributed by atoms with Crippen LogP contribution >= 0.6 is 0 Å². The second kappa shape index (κ2) is 7.83. The van der Waals surface area contributed by atoms with Crippen LogP contribution in [0.3, 0.4) is 0 Å². The predicted molar refractivity (Wildman–Crippen MR) is 82.2 cm³/mol. The van der Waals surface area contributed by atoms with Gasteiger partial charge in [0.15, 0.2) is 0 Å². The summed E-state index contributed by atoms with van der Waals surface area (Å²) in [7, 11) is 0. The summed E-state index contributed by atoms with van der Waals surface area (Å²) in [5.74, 6) is 5.80. The standard InChI is InChI=1S/C17H17N3O/c18-9-3-8-15-6-1-2-7-16(15)13-20-17(21)11-14-5-4-10-19-12-14/h1-2,4-7,10,12H,9,11,13,18H2,(H,20,21). The number of nitrogens with one attached hydrogen (secondary N) is 1. The minimum Gasteiger partial charge on any atom is -0.352 e. The molecule has 1 heterocycles. The van der Waals surface area contributed by atoms with Crippen LogP contribution in [-0.4, -0.2) is 17.4 Å². The number of carbonyl (C=O) groups is 1. The Hall–Kier alpha value is -2.64. The van der Waals surface area contributed by atoms with Crippen molar-refractivity contribution in [3.8, 4) is 11.8 Å². The van der Waals surface area contributed by atoms with E-state index in [1.165, 1.54) is 0 Å². The highest BCUT2D eigenvalue weighted by molar-refractivity contribution is 5.78. The van der Waals surface area contributed by atoms with Crippen molar-refractivity contribution < 1.29 is 4.79 Å². The minimum absolute atomic E-state index is 0.0374. The van der Waals surface area contributed by atoms with Crippen molar-refractivity contribution in [3.63, 3.8) is 0 Å². The first-order chi connectivity index (χ1) is 10.3. The molecular formula is C17H17N3O. The smallest absolute Gasteiger partial charge is 0.224 e. The molecule has 0 saturated heterocycles. The van der Waals surface area contributed by atoms with Gasteiger partial charge in [0.1, 0.15) is 0 Å². The van der Waals surface area contributed by atoms with E-state index in [0.717, 1.165) is 16.7 Å². The van der Waals surface area contributed by atoms with Gasteiger partial charge in [0.2, 0.25) is 5.91 Å². The van der Waals surface area contributed by atoms with Crippen molar-refractivity contribution in [1.29, 1.82) is 0 Å². The summed E-state index contributed by atoms with van der Waals surface area (Å²) in [6.45, 7) is 0.774. The Morgan fingerprint density at radius 1 is 1.24 bits per heavy atom. The molecule has 1 aromatic heterocycles. The van der Waals surface area contributed by atoms with Gasteiger partial charge in [-0.2, -0.15) is 0 Å². The Morgan fingerprint density at radius 3 is 2.86 bits per heavy atom. The molecule has 2 rings (SSSR count). The number of benzene rings is 1. The largest absolute Gasteiger partial charge is 0.352 e. The highest BCUT2D eigenvalue weighted by Gasteiger charge is 2.05. The van der Waals surface area contributed by atoms with Gasteiger partial charge in [-0.25, -0.2) is 0 Å². The molecule has 106 valence electrons. The fraction of sp³-hybridized carbons (Fsp3) is 0.176. The van der Waals surface area contributed by atoms with E-state index in [1.807, 2.05) is 36.4 Å². The van der Waals surface area contributed by atoms with Gasteiger partial charge in [0.25, 0.3) is 0 Å². The quantitative estimate of drug-likeness (QED) is 0.828. The van der Waals surface area contributed by atoms with Gasteiger partial charge in [-0.1, -0.05) is 36.1 Å². The second-order valence-electron chi connectivity index (χ2n) is 4.48. The summed E-state index contributed by atoms with van der Waals surface area (Å²) in [5.41, 5.74) is 8.16. The lowest BCUT2D eigenvalue weighted by atomic mass is 10.1. The lowest BCUT2D eigenvalue weighted by Crippen LogP contribution is -2.25. The van der Waals surface area contributed by atoms with E-state index in [9.17, 15) is 4.79 Å². The molecule has 1 aromatic carbocycles.